The number of nitriles is 1. The molecule has 2 aromatic carbocycles. The van der Waals surface area contributed by atoms with Crippen molar-refractivity contribution in [3.8, 4) is 6.07 Å². The highest BCUT2D eigenvalue weighted by Gasteiger charge is 2.13. The van der Waals surface area contributed by atoms with Gasteiger partial charge in [-0.25, -0.2) is 4.79 Å². The molecule has 0 aliphatic heterocycles. The van der Waals surface area contributed by atoms with E-state index in [0.717, 1.165) is 5.56 Å². The molecule has 0 aromatic heterocycles. The first kappa shape index (κ1) is 18.7. The molecule has 0 aliphatic carbocycles. The SMILES string of the molecule is COC(=O)c1ccc(N/C=C(/C#N)C(=O)NC(C)c2ccccc2)cc1. The number of nitrogens with zero attached hydrogens (tertiary/aromatic N) is 1. The van der Waals surface area contributed by atoms with Crippen LogP contribution < -0.4 is 10.6 Å². The highest BCUT2D eigenvalue weighted by atomic mass is 16.5. The minimum Gasteiger partial charge on any atom is -0.465 e. The molecule has 2 N–H and O–H groups in total. The second-order valence-electron chi connectivity index (χ2n) is 5.49. The van der Waals surface area contributed by atoms with Crippen molar-refractivity contribution >= 4 is 17.6 Å². The summed E-state index contributed by atoms with van der Waals surface area (Å²) in [7, 11) is 1.31. The molecule has 132 valence electrons. The lowest BCUT2D eigenvalue weighted by Crippen LogP contribution is -2.28. The summed E-state index contributed by atoms with van der Waals surface area (Å²) in [6.45, 7) is 1.85. The van der Waals surface area contributed by atoms with E-state index in [1.165, 1.54) is 13.3 Å². The summed E-state index contributed by atoms with van der Waals surface area (Å²) >= 11 is 0. The second-order valence-corrected chi connectivity index (χ2v) is 5.49. The van der Waals surface area contributed by atoms with E-state index < -0.39 is 11.9 Å². The van der Waals surface area contributed by atoms with E-state index in [0.29, 0.717) is 11.3 Å². The van der Waals surface area contributed by atoms with Crippen LogP contribution in [0.3, 0.4) is 0 Å². The number of amides is 1. The summed E-state index contributed by atoms with van der Waals surface area (Å²) in [6, 6.07) is 17.6. The van der Waals surface area contributed by atoms with Crippen molar-refractivity contribution in [2.45, 2.75) is 13.0 Å². The number of rotatable bonds is 6. The third-order valence-electron chi connectivity index (χ3n) is 3.70. The zero-order valence-electron chi connectivity index (χ0n) is 14.5. The van der Waals surface area contributed by atoms with Crippen LogP contribution in [0.1, 0.15) is 28.9 Å². The topological polar surface area (TPSA) is 91.2 Å². The van der Waals surface area contributed by atoms with Gasteiger partial charge in [0.05, 0.1) is 18.7 Å². The van der Waals surface area contributed by atoms with E-state index in [-0.39, 0.29) is 11.6 Å². The van der Waals surface area contributed by atoms with Crippen LogP contribution in [0, 0.1) is 11.3 Å². The van der Waals surface area contributed by atoms with Crippen molar-refractivity contribution in [1.82, 2.24) is 5.32 Å². The average molecular weight is 349 g/mol. The predicted octanol–water partition coefficient (Wildman–Crippen LogP) is 3.17. The number of benzene rings is 2. The molecule has 2 rings (SSSR count). The summed E-state index contributed by atoms with van der Waals surface area (Å²) in [5.41, 5.74) is 1.94. The number of hydrogen-bond donors (Lipinski definition) is 2. The molecule has 1 atom stereocenters. The number of carbonyl (C=O) groups excluding carboxylic acids is 2. The van der Waals surface area contributed by atoms with Gasteiger partial charge in [0.15, 0.2) is 0 Å². The number of anilines is 1. The number of methoxy groups -OCH3 is 1. The highest BCUT2D eigenvalue weighted by Crippen LogP contribution is 2.13. The van der Waals surface area contributed by atoms with Crippen molar-refractivity contribution < 1.29 is 14.3 Å². The standard InChI is InChI=1S/C20H19N3O3/c1-14(15-6-4-3-5-7-15)23-19(24)17(12-21)13-22-18-10-8-16(9-11-18)20(25)26-2/h3-11,13-14,22H,1-2H3,(H,23,24)/b17-13-. The molecule has 0 saturated heterocycles. The van der Waals surface area contributed by atoms with Crippen LogP contribution in [-0.4, -0.2) is 19.0 Å². The Morgan fingerprint density at radius 2 is 1.77 bits per heavy atom. The van der Waals surface area contributed by atoms with Crippen LogP contribution in [0.15, 0.2) is 66.4 Å². The van der Waals surface area contributed by atoms with Gasteiger partial charge >= 0.3 is 5.97 Å². The quantitative estimate of drug-likeness (QED) is 0.475. The van der Waals surface area contributed by atoms with Crippen LogP contribution in [0.4, 0.5) is 5.69 Å². The molecule has 2 aromatic rings. The fraction of sp³-hybridized carbons (Fsp3) is 0.150. The monoisotopic (exact) mass is 349 g/mol. The van der Waals surface area contributed by atoms with Gasteiger partial charge in [0, 0.05) is 11.9 Å². The summed E-state index contributed by atoms with van der Waals surface area (Å²) in [4.78, 5) is 23.7. The van der Waals surface area contributed by atoms with Crippen LogP contribution in [0.2, 0.25) is 0 Å². The van der Waals surface area contributed by atoms with Gasteiger partial charge in [-0.1, -0.05) is 30.3 Å². The van der Waals surface area contributed by atoms with E-state index in [9.17, 15) is 14.9 Å². The Hall–Kier alpha value is -3.59. The van der Waals surface area contributed by atoms with Gasteiger partial charge in [-0.2, -0.15) is 5.26 Å². The maximum absolute atomic E-state index is 12.3. The number of carbonyl (C=O) groups is 2. The third kappa shape index (κ3) is 4.95. The largest absolute Gasteiger partial charge is 0.465 e. The zero-order chi connectivity index (χ0) is 18.9. The van der Waals surface area contributed by atoms with E-state index in [1.807, 2.05) is 43.3 Å². The first-order valence-corrected chi connectivity index (χ1v) is 7.96. The van der Waals surface area contributed by atoms with Crippen LogP contribution in [-0.2, 0) is 9.53 Å². The van der Waals surface area contributed by atoms with Crippen molar-refractivity contribution in [2.75, 3.05) is 12.4 Å². The van der Waals surface area contributed by atoms with Crippen LogP contribution >= 0.6 is 0 Å². The Morgan fingerprint density at radius 3 is 2.35 bits per heavy atom. The van der Waals surface area contributed by atoms with Gasteiger partial charge in [-0.05, 0) is 36.8 Å². The Labute approximate surface area is 152 Å². The van der Waals surface area contributed by atoms with Crippen LogP contribution in [0.25, 0.3) is 0 Å². The van der Waals surface area contributed by atoms with E-state index in [2.05, 4.69) is 15.4 Å². The second kappa shape index (κ2) is 9.04. The first-order chi connectivity index (χ1) is 12.5. The molecular weight excluding hydrogens is 330 g/mol. The fourth-order valence-corrected chi connectivity index (χ4v) is 2.22. The molecule has 0 aliphatic rings. The first-order valence-electron chi connectivity index (χ1n) is 7.96. The molecule has 1 unspecified atom stereocenters. The highest BCUT2D eigenvalue weighted by molar-refractivity contribution is 5.97. The molecule has 6 nitrogen and oxygen atoms in total. The molecular formula is C20H19N3O3. The normalized spacial score (nSPS) is 11.8. The minimum absolute atomic E-state index is 0.0511. The number of ether oxygens (including phenoxy) is 1. The van der Waals surface area contributed by atoms with Gasteiger partial charge < -0.3 is 15.4 Å². The van der Waals surface area contributed by atoms with Crippen LogP contribution in [0.5, 0.6) is 0 Å². The van der Waals surface area contributed by atoms with Crippen molar-refractivity contribution in [3.63, 3.8) is 0 Å². The van der Waals surface area contributed by atoms with E-state index in [4.69, 9.17) is 0 Å². The fourth-order valence-electron chi connectivity index (χ4n) is 2.22. The Morgan fingerprint density at radius 1 is 1.12 bits per heavy atom. The maximum atomic E-state index is 12.3. The summed E-state index contributed by atoms with van der Waals surface area (Å²) in [5.74, 6) is -0.901. The molecule has 0 fully saturated rings. The van der Waals surface area contributed by atoms with E-state index in [1.54, 1.807) is 24.3 Å². The Kier molecular flexibility index (Phi) is 6.52. The predicted molar refractivity (Wildman–Crippen MR) is 98.1 cm³/mol. The molecule has 1 amide bonds. The molecule has 26 heavy (non-hydrogen) atoms. The van der Waals surface area contributed by atoms with Gasteiger partial charge in [0.25, 0.3) is 5.91 Å². The molecule has 0 bridgehead atoms. The lowest BCUT2D eigenvalue weighted by atomic mass is 10.1. The van der Waals surface area contributed by atoms with Gasteiger partial charge in [-0.3, -0.25) is 4.79 Å². The summed E-state index contributed by atoms with van der Waals surface area (Å²) in [5, 5.41) is 14.9. The number of esters is 1. The lowest BCUT2D eigenvalue weighted by molar-refractivity contribution is -0.117. The van der Waals surface area contributed by atoms with Gasteiger partial charge in [0.2, 0.25) is 0 Å². The van der Waals surface area contributed by atoms with Crippen molar-refractivity contribution in [2.24, 2.45) is 0 Å². The average Bonchev–Trinajstić information content (AvgIpc) is 2.69. The smallest absolute Gasteiger partial charge is 0.337 e. The van der Waals surface area contributed by atoms with Gasteiger partial charge in [-0.15, -0.1) is 0 Å². The zero-order valence-corrected chi connectivity index (χ0v) is 14.5. The molecule has 0 heterocycles. The number of hydrogen-bond acceptors (Lipinski definition) is 5. The summed E-state index contributed by atoms with van der Waals surface area (Å²) < 4.78 is 4.63. The maximum Gasteiger partial charge on any atom is 0.337 e. The molecule has 0 spiro atoms. The van der Waals surface area contributed by atoms with Gasteiger partial charge in [0.1, 0.15) is 11.6 Å². The van der Waals surface area contributed by atoms with E-state index >= 15 is 0 Å². The molecule has 0 saturated carbocycles. The minimum atomic E-state index is -0.470. The van der Waals surface area contributed by atoms with Crippen molar-refractivity contribution in [3.05, 3.63) is 77.5 Å². The third-order valence-corrected chi connectivity index (χ3v) is 3.70. The molecule has 6 heteroatoms. The summed E-state index contributed by atoms with van der Waals surface area (Å²) in [6.07, 6.45) is 1.33. The lowest BCUT2D eigenvalue weighted by Gasteiger charge is -2.13. The Bertz CT molecular complexity index is 837. The molecule has 0 radical (unpaired) electrons. The number of nitrogens with one attached hydrogen (secondary N) is 2. The van der Waals surface area contributed by atoms with Crippen molar-refractivity contribution in [1.29, 1.82) is 5.26 Å². The Balaban J connectivity index is 2.02.